The highest BCUT2D eigenvalue weighted by molar-refractivity contribution is 14.0. The molecule has 1 atom stereocenters. The Balaban J connectivity index is 0.00000243. The van der Waals surface area contributed by atoms with E-state index in [1.165, 1.54) is 49.8 Å². The van der Waals surface area contributed by atoms with Gasteiger partial charge in [0.25, 0.3) is 0 Å². The standard InChI is InChI=1S/C19H31N5S.HI/c1-20-19(23-15-17-7-6-12-25-17)22-14-16-8-9-18(21-13-16)24-10-4-2-3-5-11-24;/h8-9,13,17H,2-7,10-12,14-15H2,1H3,(H2,20,22,23);1H. The number of halogens is 1. The lowest BCUT2D eigenvalue weighted by molar-refractivity contribution is 0.725. The molecular weight excluding hydrogens is 457 g/mol. The minimum absolute atomic E-state index is 0. The number of anilines is 1. The normalized spacial score (nSPS) is 21.0. The van der Waals surface area contributed by atoms with E-state index in [4.69, 9.17) is 0 Å². The molecule has 1 aromatic heterocycles. The van der Waals surface area contributed by atoms with Crippen LogP contribution in [0.3, 0.4) is 0 Å². The molecule has 2 aliphatic heterocycles. The average molecular weight is 489 g/mol. The molecule has 2 fully saturated rings. The van der Waals surface area contributed by atoms with E-state index >= 15 is 0 Å². The number of pyridine rings is 1. The number of aromatic nitrogens is 1. The second-order valence-electron chi connectivity index (χ2n) is 6.87. The summed E-state index contributed by atoms with van der Waals surface area (Å²) in [5.41, 5.74) is 1.19. The fourth-order valence-corrected chi connectivity index (χ4v) is 4.63. The predicted molar refractivity (Wildman–Crippen MR) is 124 cm³/mol. The highest BCUT2D eigenvalue weighted by Crippen LogP contribution is 2.25. The number of rotatable bonds is 5. The molecule has 1 aromatic rings. The second kappa shape index (κ2) is 11.9. The van der Waals surface area contributed by atoms with Crippen molar-refractivity contribution in [1.82, 2.24) is 15.6 Å². The number of nitrogens with zero attached hydrogens (tertiary/aromatic N) is 3. The van der Waals surface area contributed by atoms with Crippen LogP contribution in [0.25, 0.3) is 0 Å². The summed E-state index contributed by atoms with van der Waals surface area (Å²) >= 11 is 2.07. The van der Waals surface area contributed by atoms with Crippen LogP contribution in [0.1, 0.15) is 44.1 Å². The molecule has 5 nitrogen and oxygen atoms in total. The van der Waals surface area contributed by atoms with Crippen molar-refractivity contribution in [2.24, 2.45) is 4.99 Å². The molecular formula is C19H32IN5S. The van der Waals surface area contributed by atoms with Gasteiger partial charge in [-0.15, -0.1) is 24.0 Å². The predicted octanol–water partition coefficient (Wildman–Crippen LogP) is 3.64. The van der Waals surface area contributed by atoms with Gasteiger partial charge in [0.05, 0.1) is 0 Å². The van der Waals surface area contributed by atoms with Gasteiger partial charge in [0.1, 0.15) is 5.82 Å². The summed E-state index contributed by atoms with van der Waals surface area (Å²) in [5, 5.41) is 7.57. The average Bonchev–Trinajstić information content (AvgIpc) is 3.03. The van der Waals surface area contributed by atoms with Crippen molar-refractivity contribution in [2.45, 2.75) is 50.3 Å². The number of aliphatic imine (C=N–C) groups is 1. The molecule has 0 radical (unpaired) electrons. The van der Waals surface area contributed by atoms with Gasteiger partial charge < -0.3 is 15.5 Å². The highest BCUT2D eigenvalue weighted by atomic mass is 127. The lowest BCUT2D eigenvalue weighted by Gasteiger charge is -2.21. The van der Waals surface area contributed by atoms with Crippen molar-refractivity contribution < 1.29 is 0 Å². The molecule has 26 heavy (non-hydrogen) atoms. The molecule has 146 valence electrons. The molecule has 0 saturated carbocycles. The Morgan fingerprint density at radius 1 is 1.19 bits per heavy atom. The molecule has 0 spiro atoms. The molecule has 7 heteroatoms. The van der Waals surface area contributed by atoms with Crippen LogP contribution in [-0.4, -0.2) is 48.6 Å². The zero-order valence-corrected chi connectivity index (χ0v) is 18.9. The Bertz CT molecular complexity index is 537. The van der Waals surface area contributed by atoms with Crippen LogP contribution in [0.5, 0.6) is 0 Å². The Morgan fingerprint density at radius 3 is 2.62 bits per heavy atom. The van der Waals surface area contributed by atoms with Crippen LogP contribution in [0.15, 0.2) is 23.3 Å². The van der Waals surface area contributed by atoms with E-state index in [0.29, 0.717) is 0 Å². The van der Waals surface area contributed by atoms with Crippen molar-refractivity contribution in [1.29, 1.82) is 0 Å². The van der Waals surface area contributed by atoms with Crippen LogP contribution in [0, 0.1) is 0 Å². The maximum atomic E-state index is 4.68. The molecule has 1 unspecified atom stereocenters. The summed E-state index contributed by atoms with van der Waals surface area (Å²) in [6.07, 6.45) is 9.93. The Labute approximate surface area is 179 Å². The molecule has 2 N–H and O–H groups in total. The highest BCUT2D eigenvalue weighted by Gasteiger charge is 2.15. The van der Waals surface area contributed by atoms with Crippen molar-refractivity contribution in [3.8, 4) is 0 Å². The van der Waals surface area contributed by atoms with Crippen molar-refractivity contribution in [2.75, 3.05) is 37.3 Å². The maximum Gasteiger partial charge on any atom is 0.191 e. The Morgan fingerprint density at radius 2 is 2.00 bits per heavy atom. The van der Waals surface area contributed by atoms with Gasteiger partial charge in [-0.3, -0.25) is 4.99 Å². The number of guanidine groups is 1. The first-order valence-electron chi connectivity index (χ1n) is 9.61. The van der Waals surface area contributed by atoms with Crippen molar-refractivity contribution in [3.05, 3.63) is 23.9 Å². The molecule has 3 rings (SSSR count). The van der Waals surface area contributed by atoms with Crippen LogP contribution >= 0.6 is 35.7 Å². The summed E-state index contributed by atoms with van der Waals surface area (Å²) in [7, 11) is 1.83. The zero-order chi connectivity index (χ0) is 17.3. The first-order valence-corrected chi connectivity index (χ1v) is 10.7. The van der Waals surface area contributed by atoms with E-state index < -0.39 is 0 Å². The van der Waals surface area contributed by atoms with Crippen LogP contribution in [0.4, 0.5) is 5.82 Å². The lowest BCUT2D eigenvalue weighted by atomic mass is 10.2. The van der Waals surface area contributed by atoms with E-state index in [1.54, 1.807) is 0 Å². The Hall–Kier alpha value is -0.700. The van der Waals surface area contributed by atoms with E-state index in [1.807, 2.05) is 13.2 Å². The lowest BCUT2D eigenvalue weighted by Crippen LogP contribution is -2.39. The molecule has 0 aliphatic carbocycles. The van der Waals surface area contributed by atoms with Crippen molar-refractivity contribution in [3.63, 3.8) is 0 Å². The molecule has 2 saturated heterocycles. The first-order chi connectivity index (χ1) is 12.3. The largest absolute Gasteiger partial charge is 0.357 e. The van der Waals surface area contributed by atoms with Gasteiger partial charge in [0.15, 0.2) is 5.96 Å². The maximum absolute atomic E-state index is 4.68. The third-order valence-electron chi connectivity index (χ3n) is 4.94. The summed E-state index contributed by atoms with van der Waals surface area (Å²) < 4.78 is 0. The molecule has 3 heterocycles. The van der Waals surface area contributed by atoms with E-state index in [0.717, 1.165) is 43.2 Å². The van der Waals surface area contributed by atoms with Crippen LogP contribution in [0.2, 0.25) is 0 Å². The minimum atomic E-state index is 0. The van der Waals surface area contributed by atoms with Gasteiger partial charge >= 0.3 is 0 Å². The smallest absolute Gasteiger partial charge is 0.191 e. The Kier molecular flexibility index (Phi) is 9.88. The topological polar surface area (TPSA) is 52.6 Å². The van der Waals surface area contributed by atoms with Crippen LogP contribution in [-0.2, 0) is 6.54 Å². The van der Waals surface area contributed by atoms with E-state index in [2.05, 4.69) is 49.4 Å². The molecule has 0 amide bonds. The summed E-state index contributed by atoms with van der Waals surface area (Å²) in [6, 6.07) is 4.34. The third kappa shape index (κ3) is 6.79. The van der Waals surface area contributed by atoms with Gasteiger partial charge in [-0.2, -0.15) is 11.8 Å². The third-order valence-corrected chi connectivity index (χ3v) is 6.34. The zero-order valence-electron chi connectivity index (χ0n) is 15.7. The number of hydrogen-bond donors (Lipinski definition) is 2. The van der Waals surface area contributed by atoms with Crippen LogP contribution < -0.4 is 15.5 Å². The molecule has 2 aliphatic rings. The van der Waals surface area contributed by atoms with Gasteiger partial charge in [-0.25, -0.2) is 4.98 Å². The quantitative estimate of drug-likeness (QED) is 0.376. The minimum Gasteiger partial charge on any atom is -0.357 e. The summed E-state index contributed by atoms with van der Waals surface area (Å²) in [4.78, 5) is 11.4. The fourth-order valence-electron chi connectivity index (χ4n) is 3.43. The summed E-state index contributed by atoms with van der Waals surface area (Å²) in [5.74, 6) is 3.29. The monoisotopic (exact) mass is 489 g/mol. The number of hydrogen-bond acceptors (Lipinski definition) is 4. The number of thioether (sulfide) groups is 1. The van der Waals surface area contributed by atoms with Gasteiger partial charge in [0.2, 0.25) is 0 Å². The van der Waals surface area contributed by atoms with E-state index in [9.17, 15) is 0 Å². The van der Waals surface area contributed by atoms with Gasteiger partial charge in [-0.05, 0) is 43.1 Å². The van der Waals surface area contributed by atoms with Gasteiger partial charge in [-0.1, -0.05) is 18.9 Å². The molecule has 0 bridgehead atoms. The fraction of sp³-hybridized carbons (Fsp3) is 0.684. The van der Waals surface area contributed by atoms with E-state index in [-0.39, 0.29) is 24.0 Å². The molecule has 0 aromatic carbocycles. The van der Waals surface area contributed by atoms with Crippen molar-refractivity contribution >= 4 is 47.5 Å². The van der Waals surface area contributed by atoms with Gasteiger partial charge in [0, 0.05) is 44.7 Å². The second-order valence-corrected chi connectivity index (χ2v) is 8.28. The first kappa shape index (κ1) is 21.6. The number of nitrogens with one attached hydrogen (secondary N) is 2. The summed E-state index contributed by atoms with van der Waals surface area (Å²) in [6.45, 7) is 4.03. The SMILES string of the molecule is CN=C(NCc1ccc(N2CCCCCC2)nc1)NCC1CCCS1.I.